The highest BCUT2D eigenvalue weighted by atomic mass is 14.4. The minimum Gasteiger partial charge on any atom is -0.192 e. The van der Waals surface area contributed by atoms with Crippen LogP contribution in [0.15, 0.2) is 24.3 Å². The smallest absolute Gasteiger partial charge is 0.0991 e. The molecule has 0 atom stereocenters. The average molecular weight is 390 g/mol. The molecule has 29 heavy (non-hydrogen) atoms. The molecule has 0 spiro atoms. The largest absolute Gasteiger partial charge is 0.192 e. The molecule has 0 radical (unpaired) electrons. The molecule has 0 heterocycles. The van der Waals surface area contributed by atoms with Gasteiger partial charge < -0.3 is 0 Å². The maximum absolute atomic E-state index is 8.89. The van der Waals surface area contributed by atoms with Gasteiger partial charge in [0.15, 0.2) is 0 Å². The lowest BCUT2D eigenvalue weighted by Crippen LogP contribution is -2.25. The summed E-state index contributed by atoms with van der Waals surface area (Å²) in [7, 11) is 0. The summed E-state index contributed by atoms with van der Waals surface area (Å²) in [6.07, 6.45) is 20.0. The minimum absolute atomic E-state index is 0.571. The van der Waals surface area contributed by atoms with Crippen molar-refractivity contribution >= 4 is 0 Å². The van der Waals surface area contributed by atoms with Crippen LogP contribution in [0.1, 0.15) is 108 Å². The summed E-state index contributed by atoms with van der Waals surface area (Å²) in [6, 6.07) is 9.84. The number of rotatable bonds is 7. The molecule has 2 saturated carbocycles. The molecule has 1 heteroatoms. The lowest BCUT2D eigenvalue weighted by atomic mass is 9.69. The van der Waals surface area contributed by atoms with Crippen LogP contribution in [0, 0.1) is 46.8 Å². The van der Waals surface area contributed by atoms with Gasteiger partial charge in [0.2, 0.25) is 0 Å². The molecule has 0 bridgehead atoms. The normalized spacial score (nSPS) is 26.9. The van der Waals surface area contributed by atoms with Gasteiger partial charge in [0.1, 0.15) is 0 Å². The molecule has 0 unspecified atom stereocenters. The average Bonchev–Trinajstić information content (AvgIpc) is 2.79. The number of benzene rings is 1. The number of hydrogen-bond acceptors (Lipinski definition) is 1. The van der Waals surface area contributed by atoms with Crippen molar-refractivity contribution in [1.82, 2.24) is 0 Å². The Kier molecular flexibility index (Phi) is 9.15. The standard InChI is InChI=1S/C28H39N/c1-2-3-4-5-6-7-23-14-18-27(19-15-23)28-20-16-25(17-21-28)9-8-24-10-12-26(22-29)13-11-24/h10-13,23,25,27-28H,2-7,14-21H2,1H3/t23-,25?,27-,28?. The van der Waals surface area contributed by atoms with E-state index in [0.717, 1.165) is 23.3 Å². The molecule has 2 aliphatic carbocycles. The second kappa shape index (κ2) is 12.1. The topological polar surface area (TPSA) is 23.8 Å². The van der Waals surface area contributed by atoms with Gasteiger partial charge in [-0.25, -0.2) is 0 Å². The Bertz CT molecular complexity index is 683. The van der Waals surface area contributed by atoms with Gasteiger partial charge in [-0.3, -0.25) is 0 Å². The quantitative estimate of drug-likeness (QED) is 0.343. The van der Waals surface area contributed by atoms with Crippen molar-refractivity contribution in [3.63, 3.8) is 0 Å². The number of unbranched alkanes of at least 4 members (excludes halogenated alkanes) is 4. The molecule has 1 nitrogen and oxygen atoms in total. The molecule has 0 amide bonds. The summed E-state index contributed by atoms with van der Waals surface area (Å²) in [5.74, 6) is 10.4. The van der Waals surface area contributed by atoms with Crippen molar-refractivity contribution in [1.29, 1.82) is 5.26 Å². The lowest BCUT2D eigenvalue weighted by Gasteiger charge is -2.37. The molecule has 156 valence electrons. The number of nitriles is 1. The van der Waals surface area contributed by atoms with Crippen LogP contribution >= 0.6 is 0 Å². The summed E-state index contributed by atoms with van der Waals surface area (Å²) < 4.78 is 0. The molecule has 1 aromatic carbocycles. The van der Waals surface area contributed by atoms with Crippen molar-refractivity contribution in [2.75, 3.05) is 0 Å². The number of hydrogen-bond donors (Lipinski definition) is 0. The Hall–Kier alpha value is -1.73. The molecule has 0 aromatic heterocycles. The summed E-state index contributed by atoms with van der Waals surface area (Å²) in [6.45, 7) is 2.30. The van der Waals surface area contributed by atoms with Crippen molar-refractivity contribution in [3.8, 4) is 17.9 Å². The third kappa shape index (κ3) is 7.23. The first-order valence-electron chi connectivity index (χ1n) is 12.3. The van der Waals surface area contributed by atoms with Gasteiger partial charge in [0.05, 0.1) is 11.6 Å². The Labute approximate surface area is 179 Å². The Balaban J connectivity index is 1.34. The van der Waals surface area contributed by atoms with Gasteiger partial charge >= 0.3 is 0 Å². The van der Waals surface area contributed by atoms with Crippen LogP contribution in [0.5, 0.6) is 0 Å². The van der Waals surface area contributed by atoms with E-state index in [1.807, 2.05) is 24.3 Å². The molecule has 0 N–H and O–H groups in total. The van der Waals surface area contributed by atoms with Gasteiger partial charge in [0, 0.05) is 11.5 Å². The fourth-order valence-electron chi connectivity index (χ4n) is 5.53. The molecular weight excluding hydrogens is 350 g/mol. The SMILES string of the molecule is CCCCCCC[C@H]1CC[C@H](C2CCC(C#Cc3ccc(C#N)cc3)CC2)CC1. The second-order valence-electron chi connectivity index (χ2n) is 9.55. The Morgan fingerprint density at radius 1 is 0.759 bits per heavy atom. The van der Waals surface area contributed by atoms with E-state index in [1.165, 1.54) is 89.9 Å². The van der Waals surface area contributed by atoms with Crippen LogP contribution < -0.4 is 0 Å². The predicted molar refractivity (Wildman–Crippen MR) is 122 cm³/mol. The zero-order chi connectivity index (χ0) is 20.3. The maximum Gasteiger partial charge on any atom is 0.0991 e. The van der Waals surface area contributed by atoms with Crippen LogP contribution in [0.3, 0.4) is 0 Å². The first-order chi connectivity index (χ1) is 14.3. The lowest BCUT2D eigenvalue weighted by molar-refractivity contribution is 0.153. The van der Waals surface area contributed by atoms with E-state index in [4.69, 9.17) is 5.26 Å². The molecule has 2 aliphatic rings. The molecule has 0 aliphatic heterocycles. The maximum atomic E-state index is 8.89. The van der Waals surface area contributed by atoms with Crippen LogP contribution in [-0.4, -0.2) is 0 Å². The number of nitrogens with zero attached hydrogens (tertiary/aromatic N) is 1. The van der Waals surface area contributed by atoms with Crippen molar-refractivity contribution in [2.24, 2.45) is 23.7 Å². The van der Waals surface area contributed by atoms with E-state index < -0.39 is 0 Å². The highest BCUT2D eigenvalue weighted by Gasteiger charge is 2.30. The zero-order valence-electron chi connectivity index (χ0n) is 18.5. The van der Waals surface area contributed by atoms with E-state index in [0.29, 0.717) is 11.5 Å². The van der Waals surface area contributed by atoms with Crippen molar-refractivity contribution < 1.29 is 0 Å². The minimum atomic E-state index is 0.571. The first-order valence-corrected chi connectivity index (χ1v) is 12.3. The van der Waals surface area contributed by atoms with Gasteiger partial charge in [-0.05, 0) is 80.5 Å². The Morgan fingerprint density at radius 3 is 1.97 bits per heavy atom. The fraction of sp³-hybridized carbons (Fsp3) is 0.679. The van der Waals surface area contributed by atoms with Gasteiger partial charge in [-0.15, -0.1) is 0 Å². The fourth-order valence-corrected chi connectivity index (χ4v) is 5.53. The van der Waals surface area contributed by atoms with E-state index in [-0.39, 0.29) is 0 Å². The second-order valence-corrected chi connectivity index (χ2v) is 9.55. The summed E-state index contributed by atoms with van der Waals surface area (Å²) >= 11 is 0. The molecule has 1 aromatic rings. The van der Waals surface area contributed by atoms with Gasteiger partial charge in [0.25, 0.3) is 0 Å². The highest BCUT2D eigenvalue weighted by molar-refractivity contribution is 5.40. The summed E-state index contributed by atoms with van der Waals surface area (Å²) in [4.78, 5) is 0. The van der Waals surface area contributed by atoms with Crippen LogP contribution in [0.2, 0.25) is 0 Å². The molecule has 2 fully saturated rings. The van der Waals surface area contributed by atoms with E-state index in [9.17, 15) is 0 Å². The third-order valence-corrected chi connectivity index (χ3v) is 7.48. The highest BCUT2D eigenvalue weighted by Crippen LogP contribution is 2.42. The molecular formula is C28H39N. The van der Waals surface area contributed by atoms with Crippen LogP contribution in [0.25, 0.3) is 0 Å². The van der Waals surface area contributed by atoms with Gasteiger partial charge in [-0.2, -0.15) is 5.26 Å². The summed E-state index contributed by atoms with van der Waals surface area (Å²) in [5, 5.41) is 8.89. The third-order valence-electron chi connectivity index (χ3n) is 7.48. The monoisotopic (exact) mass is 389 g/mol. The first kappa shape index (κ1) is 22.0. The van der Waals surface area contributed by atoms with E-state index in [2.05, 4.69) is 24.8 Å². The van der Waals surface area contributed by atoms with Crippen LogP contribution in [0.4, 0.5) is 0 Å². The zero-order valence-corrected chi connectivity index (χ0v) is 18.5. The molecule has 0 saturated heterocycles. The van der Waals surface area contributed by atoms with E-state index >= 15 is 0 Å². The van der Waals surface area contributed by atoms with Crippen molar-refractivity contribution in [2.45, 2.75) is 96.8 Å². The molecule has 3 rings (SSSR count). The van der Waals surface area contributed by atoms with Crippen molar-refractivity contribution in [3.05, 3.63) is 35.4 Å². The Morgan fingerprint density at radius 2 is 1.34 bits per heavy atom. The van der Waals surface area contributed by atoms with Gasteiger partial charge in [-0.1, -0.05) is 70.1 Å². The summed E-state index contributed by atoms with van der Waals surface area (Å²) in [5.41, 5.74) is 1.75. The van der Waals surface area contributed by atoms with E-state index in [1.54, 1.807) is 0 Å². The predicted octanol–water partition coefficient (Wildman–Crippen LogP) is 7.88. The van der Waals surface area contributed by atoms with Crippen LogP contribution in [-0.2, 0) is 0 Å².